The topological polar surface area (TPSA) is 76.9 Å². The molecule has 2 aromatic heterocycles. The molecule has 6 nitrogen and oxygen atoms in total. The average Bonchev–Trinajstić information content (AvgIpc) is 2.71. The molecule has 0 radical (unpaired) electrons. The van der Waals surface area contributed by atoms with E-state index in [2.05, 4.69) is 15.3 Å². The van der Waals surface area contributed by atoms with Gasteiger partial charge in [-0.1, -0.05) is 36.4 Å². The molecule has 2 heterocycles. The number of hydrogen-bond donors (Lipinski definition) is 1. The van der Waals surface area contributed by atoms with Gasteiger partial charge in [0.25, 0.3) is 0 Å². The lowest BCUT2D eigenvalue weighted by Gasteiger charge is -2.14. The van der Waals surface area contributed by atoms with Crippen molar-refractivity contribution in [2.45, 2.75) is 13.5 Å². The van der Waals surface area contributed by atoms with Crippen LogP contribution in [-0.2, 0) is 11.3 Å². The van der Waals surface area contributed by atoms with E-state index in [0.29, 0.717) is 16.5 Å². The molecule has 28 heavy (non-hydrogen) atoms. The van der Waals surface area contributed by atoms with Crippen molar-refractivity contribution >= 4 is 22.8 Å². The van der Waals surface area contributed by atoms with Gasteiger partial charge in [0.1, 0.15) is 6.54 Å². The van der Waals surface area contributed by atoms with Crippen molar-refractivity contribution in [3.63, 3.8) is 0 Å². The minimum atomic E-state index is -0.267. The van der Waals surface area contributed by atoms with Crippen LogP contribution in [-0.4, -0.2) is 20.4 Å². The van der Waals surface area contributed by atoms with E-state index < -0.39 is 0 Å². The first kappa shape index (κ1) is 17.6. The van der Waals surface area contributed by atoms with Crippen LogP contribution in [0.25, 0.3) is 22.0 Å². The molecule has 4 aromatic rings. The standard InChI is InChI=1S/C22H18N4O2/c1-15-8-9-17-19(12-15)26(14-20(27)25-22-23-10-5-11-24-22)13-18(21(17)28)16-6-3-2-4-7-16/h2-13H,14H2,1H3,(H,23,24,25,27). The number of hydrogen-bond acceptors (Lipinski definition) is 4. The highest BCUT2D eigenvalue weighted by Gasteiger charge is 2.13. The number of amides is 1. The van der Waals surface area contributed by atoms with Crippen molar-refractivity contribution < 1.29 is 4.79 Å². The molecule has 0 bridgehead atoms. The van der Waals surface area contributed by atoms with Crippen LogP contribution in [0.3, 0.4) is 0 Å². The summed E-state index contributed by atoms with van der Waals surface area (Å²) in [4.78, 5) is 33.6. The minimum absolute atomic E-state index is 0.0400. The second-order valence-corrected chi connectivity index (χ2v) is 6.51. The minimum Gasteiger partial charge on any atom is -0.337 e. The summed E-state index contributed by atoms with van der Waals surface area (Å²) in [6.07, 6.45) is 4.87. The monoisotopic (exact) mass is 370 g/mol. The van der Waals surface area contributed by atoms with Gasteiger partial charge in [-0.3, -0.25) is 14.9 Å². The lowest BCUT2D eigenvalue weighted by molar-refractivity contribution is -0.116. The number of aromatic nitrogens is 3. The Bertz CT molecular complexity index is 1200. The first-order valence-corrected chi connectivity index (χ1v) is 8.88. The maximum absolute atomic E-state index is 13.0. The van der Waals surface area contributed by atoms with Gasteiger partial charge in [-0.2, -0.15) is 0 Å². The smallest absolute Gasteiger partial charge is 0.246 e. The predicted molar refractivity (Wildman–Crippen MR) is 109 cm³/mol. The maximum atomic E-state index is 13.0. The molecule has 1 amide bonds. The van der Waals surface area contributed by atoms with Crippen molar-refractivity contribution in [1.82, 2.24) is 14.5 Å². The fourth-order valence-electron chi connectivity index (χ4n) is 3.14. The number of carbonyl (C=O) groups is 1. The van der Waals surface area contributed by atoms with E-state index in [1.807, 2.05) is 55.5 Å². The van der Waals surface area contributed by atoms with Crippen LogP contribution in [0.5, 0.6) is 0 Å². The van der Waals surface area contributed by atoms with Gasteiger partial charge in [-0.05, 0) is 36.2 Å². The van der Waals surface area contributed by atoms with Crippen LogP contribution in [0.2, 0.25) is 0 Å². The summed E-state index contributed by atoms with van der Waals surface area (Å²) < 4.78 is 1.80. The number of fused-ring (bicyclic) bond motifs is 1. The number of nitrogens with zero attached hydrogens (tertiary/aromatic N) is 3. The Hall–Kier alpha value is -3.80. The van der Waals surface area contributed by atoms with Crippen molar-refractivity contribution in [3.05, 3.63) is 89.0 Å². The molecule has 1 N–H and O–H groups in total. The van der Waals surface area contributed by atoms with Gasteiger partial charge < -0.3 is 4.57 Å². The number of anilines is 1. The third-order valence-electron chi connectivity index (χ3n) is 4.45. The number of carbonyl (C=O) groups excluding carboxylic acids is 1. The lowest BCUT2D eigenvalue weighted by Crippen LogP contribution is -2.22. The third kappa shape index (κ3) is 3.53. The Morgan fingerprint density at radius 3 is 2.54 bits per heavy atom. The highest BCUT2D eigenvalue weighted by Crippen LogP contribution is 2.21. The van der Waals surface area contributed by atoms with Crippen LogP contribution < -0.4 is 10.7 Å². The molecular weight excluding hydrogens is 352 g/mol. The highest BCUT2D eigenvalue weighted by molar-refractivity contribution is 5.91. The predicted octanol–water partition coefficient (Wildman–Crippen LogP) is 3.41. The van der Waals surface area contributed by atoms with Crippen LogP contribution in [0, 0.1) is 6.92 Å². The van der Waals surface area contributed by atoms with E-state index in [4.69, 9.17) is 0 Å². The van der Waals surface area contributed by atoms with Crippen molar-refractivity contribution in [3.8, 4) is 11.1 Å². The van der Waals surface area contributed by atoms with Gasteiger partial charge in [0.15, 0.2) is 5.43 Å². The molecule has 0 aliphatic carbocycles. The molecule has 0 atom stereocenters. The summed E-state index contributed by atoms with van der Waals surface area (Å²) in [5.41, 5.74) is 3.05. The second-order valence-electron chi connectivity index (χ2n) is 6.51. The molecule has 2 aromatic carbocycles. The number of benzene rings is 2. The number of pyridine rings is 1. The first-order chi connectivity index (χ1) is 13.6. The summed E-state index contributed by atoms with van der Waals surface area (Å²) >= 11 is 0. The molecule has 0 spiro atoms. The van der Waals surface area contributed by atoms with Gasteiger partial charge in [-0.15, -0.1) is 0 Å². The van der Waals surface area contributed by atoms with Gasteiger partial charge in [0.05, 0.1) is 5.52 Å². The van der Waals surface area contributed by atoms with E-state index in [1.165, 1.54) is 0 Å². The molecule has 0 fully saturated rings. The van der Waals surface area contributed by atoms with Crippen molar-refractivity contribution in [1.29, 1.82) is 0 Å². The lowest BCUT2D eigenvalue weighted by atomic mass is 10.0. The summed E-state index contributed by atoms with van der Waals surface area (Å²) in [6.45, 7) is 2.00. The summed E-state index contributed by atoms with van der Waals surface area (Å²) in [6, 6.07) is 16.8. The molecule has 0 unspecified atom stereocenters. The first-order valence-electron chi connectivity index (χ1n) is 8.88. The maximum Gasteiger partial charge on any atom is 0.246 e. The molecule has 0 aliphatic rings. The zero-order valence-corrected chi connectivity index (χ0v) is 15.3. The zero-order valence-electron chi connectivity index (χ0n) is 15.3. The Labute approximate surface area is 161 Å². The van der Waals surface area contributed by atoms with Crippen LogP contribution in [0.1, 0.15) is 5.56 Å². The molecule has 138 valence electrons. The SMILES string of the molecule is Cc1ccc2c(=O)c(-c3ccccc3)cn(CC(=O)Nc3ncccn3)c2c1. The Morgan fingerprint density at radius 2 is 1.79 bits per heavy atom. The van der Waals surface area contributed by atoms with Crippen LogP contribution in [0.4, 0.5) is 5.95 Å². The molecular formula is C22H18N4O2. The van der Waals surface area contributed by atoms with E-state index in [-0.39, 0.29) is 23.8 Å². The van der Waals surface area contributed by atoms with E-state index in [1.54, 1.807) is 29.2 Å². The van der Waals surface area contributed by atoms with Crippen LogP contribution in [0.15, 0.2) is 78.0 Å². The van der Waals surface area contributed by atoms with Gasteiger partial charge in [0, 0.05) is 29.5 Å². The largest absolute Gasteiger partial charge is 0.337 e. The molecule has 0 aliphatic heterocycles. The molecule has 0 saturated heterocycles. The summed E-state index contributed by atoms with van der Waals surface area (Å²) in [5, 5.41) is 3.26. The Balaban J connectivity index is 1.80. The third-order valence-corrected chi connectivity index (χ3v) is 4.45. The second kappa shape index (κ2) is 7.44. The van der Waals surface area contributed by atoms with Gasteiger partial charge in [-0.25, -0.2) is 9.97 Å². The van der Waals surface area contributed by atoms with Crippen molar-refractivity contribution in [2.24, 2.45) is 0 Å². The zero-order chi connectivity index (χ0) is 19.5. The fourth-order valence-corrected chi connectivity index (χ4v) is 3.14. The van der Waals surface area contributed by atoms with Gasteiger partial charge >= 0.3 is 0 Å². The summed E-state index contributed by atoms with van der Waals surface area (Å²) in [7, 11) is 0. The molecule has 0 saturated carbocycles. The number of aryl methyl sites for hydroxylation is 1. The molecule has 6 heteroatoms. The van der Waals surface area contributed by atoms with Crippen LogP contribution >= 0.6 is 0 Å². The van der Waals surface area contributed by atoms with Crippen molar-refractivity contribution in [2.75, 3.05) is 5.32 Å². The van der Waals surface area contributed by atoms with E-state index in [9.17, 15) is 9.59 Å². The summed E-state index contributed by atoms with van der Waals surface area (Å²) in [5.74, 6) is -0.0195. The van der Waals surface area contributed by atoms with E-state index in [0.717, 1.165) is 11.1 Å². The Morgan fingerprint density at radius 1 is 1.04 bits per heavy atom. The number of nitrogens with one attached hydrogen (secondary N) is 1. The normalized spacial score (nSPS) is 10.8. The van der Waals surface area contributed by atoms with Gasteiger partial charge in [0.2, 0.25) is 11.9 Å². The van der Waals surface area contributed by atoms with E-state index >= 15 is 0 Å². The fraction of sp³-hybridized carbons (Fsp3) is 0.0909. The average molecular weight is 370 g/mol. The Kier molecular flexibility index (Phi) is 4.68. The number of rotatable bonds is 4. The quantitative estimate of drug-likeness (QED) is 0.597. The highest BCUT2D eigenvalue weighted by atomic mass is 16.2. The molecule has 4 rings (SSSR count).